The predicted molar refractivity (Wildman–Crippen MR) is 92.2 cm³/mol. The third-order valence-electron chi connectivity index (χ3n) is 4.56. The highest BCUT2D eigenvalue weighted by Gasteiger charge is 2.22. The van der Waals surface area contributed by atoms with E-state index in [1.165, 1.54) is 4.68 Å². The van der Waals surface area contributed by atoms with Crippen LogP contribution in [0.3, 0.4) is 0 Å². The fourth-order valence-electron chi connectivity index (χ4n) is 3.25. The summed E-state index contributed by atoms with van der Waals surface area (Å²) in [7, 11) is 3.35. The molecule has 0 aliphatic carbocycles. The average molecular weight is 340 g/mol. The van der Waals surface area contributed by atoms with E-state index in [2.05, 4.69) is 20.2 Å². The van der Waals surface area contributed by atoms with Crippen molar-refractivity contribution in [2.24, 2.45) is 7.05 Å². The van der Waals surface area contributed by atoms with Gasteiger partial charge in [-0.25, -0.2) is 9.48 Å². The van der Waals surface area contributed by atoms with E-state index in [-0.39, 0.29) is 5.69 Å². The van der Waals surface area contributed by atoms with Crippen LogP contribution >= 0.6 is 0 Å². The summed E-state index contributed by atoms with van der Waals surface area (Å²) in [6.45, 7) is 2.86. The molecule has 8 nitrogen and oxygen atoms in total. The fraction of sp³-hybridized carbons (Fsp3) is 0.353. The van der Waals surface area contributed by atoms with E-state index in [4.69, 9.17) is 4.74 Å². The number of fused-ring (bicyclic) bond motifs is 1. The van der Waals surface area contributed by atoms with Crippen LogP contribution in [0.15, 0.2) is 35.3 Å². The van der Waals surface area contributed by atoms with Gasteiger partial charge >= 0.3 is 5.69 Å². The number of hydrogen-bond acceptors (Lipinski definition) is 5. The molecule has 0 fully saturated rings. The molecule has 3 aromatic rings. The van der Waals surface area contributed by atoms with E-state index >= 15 is 0 Å². The number of nitrogens with zero attached hydrogens (tertiary/aromatic N) is 5. The van der Waals surface area contributed by atoms with E-state index in [0.29, 0.717) is 13.1 Å². The lowest BCUT2D eigenvalue weighted by Crippen LogP contribution is -2.37. The first-order valence-corrected chi connectivity index (χ1v) is 8.17. The highest BCUT2D eigenvalue weighted by atomic mass is 16.5. The Morgan fingerprint density at radius 1 is 1.32 bits per heavy atom. The van der Waals surface area contributed by atoms with E-state index in [1.807, 2.05) is 30.5 Å². The van der Waals surface area contributed by atoms with Crippen LogP contribution in [0.4, 0.5) is 0 Å². The van der Waals surface area contributed by atoms with Gasteiger partial charge in [0.25, 0.3) is 0 Å². The largest absolute Gasteiger partial charge is 0.497 e. The maximum atomic E-state index is 12.0. The highest BCUT2D eigenvalue weighted by Crippen LogP contribution is 2.26. The second-order valence-corrected chi connectivity index (χ2v) is 6.19. The van der Waals surface area contributed by atoms with Crippen molar-refractivity contribution in [1.29, 1.82) is 0 Å². The number of nitrogens with one attached hydrogen (secondary N) is 1. The van der Waals surface area contributed by atoms with Crippen LogP contribution in [0.5, 0.6) is 5.75 Å². The van der Waals surface area contributed by atoms with Gasteiger partial charge in [-0.15, -0.1) is 0 Å². The molecule has 1 aromatic carbocycles. The Balaban J connectivity index is 1.56. The van der Waals surface area contributed by atoms with Crippen LogP contribution in [0.2, 0.25) is 0 Å². The fourth-order valence-corrected chi connectivity index (χ4v) is 3.25. The van der Waals surface area contributed by atoms with Gasteiger partial charge in [0.15, 0.2) is 0 Å². The zero-order chi connectivity index (χ0) is 17.4. The molecule has 0 atom stereocenters. The third kappa shape index (κ3) is 2.85. The van der Waals surface area contributed by atoms with Gasteiger partial charge in [-0.05, 0) is 12.1 Å². The first-order chi connectivity index (χ1) is 12.2. The number of H-pyrrole nitrogens is 1. The van der Waals surface area contributed by atoms with Crippen molar-refractivity contribution >= 4 is 0 Å². The molecule has 8 heteroatoms. The Morgan fingerprint density at radius 3 is 3.04 bits per heavy atom. The van der Waals surface area contributed by atoms with Crippen LogP contribution in [-0.2, 0) is 26.7 Å². The third-order valence-corrected chi connectivity index (χ3v) is 4.56. The summed E-state index contributed by atoms with van der Waals surface area (Å²) >= 11 is 0. The lowest BCUT2D eigenvalue weighted by Gasteiger charge is -2.26. The standard InChI is InChI=1S/C17H20N6O2/c1-21-17(24)23-7-6-22(11-15(23)20-21)10-13-9-18-19-16(13)12-4-3-5-14(8-12)25-2/h3-5,8-9H,6-7,10-11H2,1-2H3,(H,18,19). The summed E-state index contributed by atoms with van der Waals surface area (Å²) in [4.78, 5) is 14.2. The van der Waals surface area contributed by atoms with Gasteiger partial charge in [0, 0.05) is 37.8 Å². The zero-order valence-corrected chi connectivity index (χ0v) is 14.3. The summed E-state index contributed by atoms with van der Waals surface area (Å²) in [5, 5.41) is 11.6. The minimum Gasteiger partial charge on any atom is -0.497 e. The van der Waals surface area contributed by atoms with Crippen molar-refractivity contribution in [3.05, 3.63) is 52.3 Å². The topological polar surface area (TPSA) is 81.0 Å². The maximum Gasteiger partial charge on any atom is 0.345 e. The summed E-state index contributed by atoms with van der Waals surface area (Å²) in [6, 6.07) is 7.91. The second-order valence-electron chi connectivity index (χ2n) is 6.19. The van der Waals surface area contributed by atoms with Crippen LogP contribution in [0.25, 0.3) is 11.3 Å². The van der Waals surface area contributed by atoms with E-state index < -0.39 is 0 Å². The number of ether oxygens (including phenoxy) is 1. The SMILES string of the molecule is COc1cccc(-c2[nH]ncc2CN2CCn3c(nn(C)c3=O)C2)c1. The number of aryl methyl sites for hydroxylation is 1. The van der Waals surface area contributed by atoms with Crippen LogP contribution in [-0.4, -0.2) is 43.1 Å². The van der Waals surface area contributed by atoms with Gasteiger partial charge in [-0.1, -0.05) is 12.1 Å². The van der Waals surface area contributed by atoms with Crippen LogP contribution in [0, 0.1) is 0 Å². The molecule has 0 radical (unpaired) electrons. The Hall–Kier alpha value is -2.87. The molecular formula is C17H20N6O2. The average Bonchev–Trinajstić information content (AvgIpc) is 3.20. The Morgan fingerprint density at radius 2 is 2.20 bits per heavy atom. The number of hydrogen-bond donors (Lipinski definition) is 1. The Bertz CT molecular complexity index is 954. The molecule has 1 N–H and O–H groups in total. The summed E-state index contributed by atoms with van der Waals surface area (Å²) < 4.78 is 8.45. The van der Waals surface area contributed by atoms with Gasteiger partial charge in [0.1, 0.15) is 11.6 Å². The number of rotatable bonds is 4. The monoisotopic (exact) mass is 340 g/mol. The molecule has 0 saturated carbocycles. The van der Waals surface area contributed by atoms with Crippen molar-refractivity contribution < 1.29 is 4.74 Å². The zero-order valence-electron chi connectivity index (χ0n) is 14.3. The smallest absolute Gasteiger partial charge is 0.345 e. The van der Waals surface area contributed by atoms with E-state index in [9.17, 15) is 4.79 Å². The van der Waals surface area contributed by atoms with Crippen molar-refractivity contribution in [3.63, 3.8) is 0 Å². The molecule has 4 rings (SSSR count). The Labute approximate surface area is 144 Å². The molecule has 25 heavy (non-hydrogen) atoms. The van der Waals surface area contributed by atoms with Gasteiger partial charge in [0.2, 0.25) is 0 Å². The Kier molecular flexibility index (Phi) is 3.89. The first-order valence-electron chi connectivity index (χ1n) is 8.17. The summed E-state index contributed by atoms with van der Waals surface area (Å²) in [5.74, 6) is 1.62. The maximum absolute atomic E-state index is 12.0. The second kappa shape index (κ2) is 6.21. The van der Waals surface area contributed by atoms with Gasteiger partial charge in [-0.2, -0.15) is 10.2 Å². The van der Waals surface area contributed by atoms with Gasteiger partial charge in [0.05, 0.1) is 25.5 Å². The highest BCUT2D eigenvalue weighted by molar-refractivity contribution is 5.64. The molecule has 0 unspecified atom stereocenters. The molecule has 130 valence electrons. The van der Waals surface area contributed by atoms with Gasteiger partial charge < -0.3 is 4.74 Å². The van der Waals surface area contributed by atoms with Gasteiger partial charge in [-0.3, -0.25) is 14.6 Å². The normalized spacial score (nSPS) is 14.5. The number of benzene rings is 1. The first kappa shape index (κ1) is 15.6. The molecule has 1 aliphatic heterocycles. The van der Waals surface area contributed by atoms with Crippen molar-refractivity contribution in [3.8, 4) is 17.0 Å². The molecule has 3 heterocycles. The van der Waals surface area contributed by atoms with Crippen LogP contribution < -0.4 is 10.4 Å². The lowest BCUT2D eigenvalue weighted by molar-refractivity contribution is 0.207. The van der Waals surface area contributed by atoms with Crippen LogP contribution in [0.1, 0.15) is 11.4 Å². The molecule has 0 spiro atoms. The predicted octanol–water partition coefficient (Wildman–Crippen LogP) is 0.996. The lowest BCUT2D eigenvalue weighted by atomic mass is 10.1. The van der Waals surface area contributed by atoms with Crippen molar-refractivity contribution in [1.82, 2.24) is 29.4 Å². The van der Waals surface area contributed by atoms with Crippen molar-refractivity contribution in [2.45, 2.75) is 19.6 Å². The molecule has 0 amide bonds. The molecule has 1 aliphatic rings. The summed E-state index contributed by atoms with van der Waals surface area (Å²) in [6.07, 6.45) is 1.86. The minimum absolute atomic E-state index is 0.0463. The molecule has 0 bridgehead atoms. The number of methoxy groups -OCH3 is 1. The molecule has 0 saturated heterocycles. The van der Waals surface area contributed by atoms with E-state index in [1.54, 1.807) is 18.7 Å². The molecular weight excluding hydrogens is 320 g/mol. The van der Waals surface area contributed by atoms with Crippen molar-refractivity contribution in [2.75, 3.05) is 13.7 Å². The number of aromatic nitrogens is 5. The number of aromatic amines is 1. The molecule has 2 aromatic heterocycles. The quantitative estimate of drug-likeness (QED) is 0.766. The minimum atomic E-state index is -0.0463. The summed E-state index contributed by atoms with van der Waals surface area (Å²) in [5.41, 5.74) is 3.09. The van der Waals surface area contributed by atoms with E-state index in [0.717, 1.165) is 41.5 Å².